The Bertz CT molecular complexity index is 918. The Morgan fingerprint density at radius 2 is 1.32 bits per heavy atom. The Morgan fingerprint density at radius 1 is 0.821 bits per heavy atom. The largest absolute Gasteiger partial charge is 0.477 e. The van der Waals surface area contributed by atoms with Gasteiger partial charge >= 0.3 is 5.95 Å². The number of nitrogens with zero attached hydrogens (tertiary/aromatic N) is 1. The summed E-state index contributed by atoms with van der Waals surface area (Å²) < 4.78 is 7.18. The lowest BCUT2D eigenvalue weighted by molar-refractivity contribution is -0.421. The summed E-state index contributed by atoms with van der Waals surface area (Å²) in [5.41, 5.74) is 4.37. The van der Waals surface area contributed by atoms with Gasteiger partial charge in [-0.15, -0.1) is 0 Å². The molecular formula is C25H24NO2+. The van der Waals surface area contributed by atoms with Crippen molar-refractivity contribution in [1.29, 1.82) is 0 Å². The predicted molar refractivity (Wildman–Crippen MR) is 114 cm³/mol. The zero-order valence-electron chi connectivity index (χ0n) is 15.9. The van der Waals surface area contributed by atoms with Crippen LogP contribution in [0.5, 0.6) is 0 Å². The van der Waals surface area contributed by atoms with Gasteiger partial charge in [-0.2, -0.15) is 0 Å². The summed E-state index contributed by atoms with van der Waals surface area (Å²) >= 11 is 0. The molecule has 0 aliphatic rings. The summed E-state index contributed by atoms with van der Waals surface area (Å²) in [5, 5.41) is 10.0. The molecule has 0 fully saturated rings. The topological polar surface area (TPSA) is 32.5 Å². The van der Waals surface area contributed by atoms with E-state index < -0.39 is 0 Å². The molecule has 28 heavy (non-hydrogen) atoms. The van der Waals surface area contributed by atoms with Gasteiger partial charge in [0.1, 0.15) is 13.7 Å². The van der Waals surface area contributed by atoms with Crippen molar-refractivity contribution >= 4 is 11.8 Å². The monoisotopic (exact) mass is 370 g/mol. The van der Waals surface area contributed by atoms with E-state index in [4.69, 9.17) is 4.74 Å². The highest BCUT2D eigenvalue weighted by molar-refractivity contribution is 5.90. The van der Waals surface area contributed by atoms with E-state index in [9.17, 15) is 5.11 Å². The van der Waals surface area contributed by atoms with Crippen molar-refractivity contribution in [2.45, 2.75) is 6.61 Å². The molecule has 3 heteroatoms. The molecule has 1 N–H and O–H groups in total. The minimum atomic E-state index is -0.128. The zero-order valence-corrected chi connectivity index (χ0v) is 15.9. The number of allylic oxidation sites excluding steroid dienone is 1. The number of rotatable bonds is 7. The fourth-order valence-electron chi connectivity index (χ4n) is 2.77. The van der Waals surface area contributed by atoms with Crippen LogP contribution in [0.1, 0.15) is 16.7 Å². The number of aliphatic hydroxyl groups excluding tert-OH is 1. The molecule has 0 spiro atoms. The van der Waals surface area contributed by atoms with Crippen LogP contribution in [0.3, 0.4) is 0 Å². The van der Waals surface area contributed by atoms with E-state index in [-0.39, 0.29) is 5.95 Å². The summed E-state index contributed by atoms with van der Waals surface area (Å²) in [7, 11) is 1.85. The quantitative estimate of drug-likeness (QED) is 0.343. The van der Waals surface area contributed by atoms with Gasteiger partial charge in [-0.25, -0.2) is 4.58 Å². The second kappa shape index (κ2) is 9.93. The molecule has 0 aromatic heterocycles. The maximum atomic E-state index is 10.0. The second-order valence-corrected chi connectivity index (χ2v) is 6.37. The van der Waals surface area contributed by atoms with Crippen molar-refractivity contribution < 1.29 is 14.4 Å². The lowest BCUT2D eigenvalue weighted by atomic mass is 9.98. The maximum absolute atomic E-state index is 10.0. The molecule has 0 saturated heterocycles. The number of benzene rings is 3. The summed E-state index contributed by atoms with van der Waals surface area (Å²) in [6.07, 6.45) is 5.48. The third-order valence-corrected chi connectivity index (χ3v) is 4.19. The number of hydrogen-bond acceptors (Lipinski definition) is 2. The van der Waals surface area contributed by atoms with Gasteiger partial charge in [0.25, 0.3) is 0 Å². The van der Waals surface area contributed by atoms with Crippen LogP contribution in [-0.4, -0.2) is 22.9 Å². The average molecular weight is 370 g/mol. The first-order chi connectivity index (χ1) is 13.7. The predicted octanol–water partition coefficient (Wildman–Crippen LogP) is 5.41. The molecule has 3 aromatic rings. The molecule has 0 atom stereocenters. The van der Waals surface area contributed by atoms with Gasteiger partial charge in [0.05, 0.1) is 0 Å². The smallest absolute Gasteiger partial charge is 0.344 e. The van der Waals surface area contributed by atoms with Crippen molar-refractivity contribution in [2.75, 3.05) is 7.05 Å². The van der Waals surface area contributed by atoms with E-state index in [1.165, 1.54) is 0 Å². The first kappa shape index (κ1) is 19.2. The highest BCUT2D eigenvalue weighted by atomic mass is 16.6. The molecule has 0 amide bonds. The van der Waals surface area contributed by atoms with Crippen LogP contribution >= 0.6 is 0 Å². The average Bonchev–Trinajstić information content (AvgIpc) is 2.75. The lowest BCUT2D eigenvalue weighted by Crippen LogP contribution is -2.02. The SMILES string of the molecule is C[N+](=CC=C(c1ccccc1)c1ccccc1)/C=C(\O)OCc1ccccc1. The van der Waals surface area contributed by atoms with Crippen molar-refractivity contribution in [3.63, 3.8) is 0 Å². The van der Waals surface area contributed by atoms with E-state index in [2.05, 4.69) is 24.3 Å². The molecule has 3 aromatic carbocycles. The van der Waals surface area contributed by atoms with Gasteiger partial charge in [-0.05, 0) is 22.3 Å². The fourth-order valence-corrected chi connectivity index (χ4v) is 2.77. The summed E-state index contributed by atoms with van der Waals surface area (Å²) in [4.78, 5) is 0. The van der Waals surface area contributed by atoms with Crippen LogP contribution in [-0.2, 0) is 11.3 Å². The van der Waals surface area contributed by atoms with Gasteiger partial charge in [0.15, 0.2) is 6.21 Å². The van der Waals surface area contributed by atoms with Crippen LogP contribution in [0, 0.1) is 0 Å². The first-order valence-corrected chi connectivity index (χ1v) is 9.18. The van der Waals surface area contributed by atoms with Crippen molar-refractivity contribution in [3.05, 3.63) is 126 Å². The summed E-state index contributed by atoms with van der Waals surface area (Å²) in [6, 6.07) is 30.2. The number of hydrogen-bond donors (Lipinski definition) is 1. The van der Waals surface area contributed by atoms with E-state index in [0.29, 0.717) is 6.61 Å². The molecule has 140 valence electrons. The summed E-state index contributed by atoms with van der Waals surface area (Å²) in [6.45, 7) is 0.326. The van der Waals surface area contributed by atoms with Gasteiger partial charge < -0.3 is 9.84 Å². The number of ether oxygens (including phenoxy) is 1. The first-order valence-electron chi connectivity index (χ1n) is 9.18. The van der Waals surface area contributed by atoms with Crippen LogP contribution < -0.4 is 0 Å². The normalized spacial score (nSPS) is 11.8. The summed E-state index contributed by atoms with van der Waals surface area (Å²) in [5.74, 6) is -0.128. The van der Waals surface area contributed by atoms with Crippen LogP contribution in [0.4, 0.5) is 0 Å². The minimum Gasteiger partial charge on any atom is -0.477 e. The van der Waals surface area contributed by atoms with Gasteiger partial charge in [-0.3, -0.25) is 0 Å². The van der Waals surface area contributed by atoms with Crippen molar-refractivity contribution in [2.24, 2.45) is 0 Å². The molecule has 3 rings (SSSR count). The van der Waals surface area contributed by atoms with Crippen LogP contribution in [0.2, 0.25) is 0 Å². The van der Waals surface area contributed by atoms with Gasteiger partial charge in [0.2, 0.25) is 6.20 Å². The van der Waals surface area contributed by atoms with E-state index in [1.54, 1.807) is 10.8 Å². The Kier molecular flexibility index (Phi) is 6.80. The van der Waals surface area contributed by atoms with Crippen molar-refractivity contribution in [1.82, 2.24) is 0 Å². The standard InChI is InChI=1S/C25H23NO2/c1-26(19-25(27)28-20-21-11-5-2-6-12-21)18-17-24(22-13-7-3-8-14-22)23-15-9-4-10-16-23/h2-19H,20H2,1H3/p+1/b25-19+,26-18?. The third kappa shape index (κ3) is 5.71. The zero-order chi connectivity index (χ0) is 19.6. The van der Waals surface area contributed by atoms with E-state index in [1.807, 2.05) is 86.1 Å². The minimum absolute atomic E-state index is 0.128. The maximum Gasteiger partial charge on any atom is 0.344 e. The Balaban J connectivity index is 1.77. The molecule has 0 unspecified atom stereocenters. The lowest BCUT2D eigenvalue weighted by Gasteiger charge is -2.06. The number of aliphatic hydroxyl groups is 1. The molecule has 0 aliphatic carbocycles. The van der Waals surface area contributed by atoms with E-state index >= 15 is 0 Å². The third-order valence-electron chi connectivity index (χ3n) is 4.19. The second-order valence-electron chi connectivity index (χ2n) is 6.37. The highest BCUT2D eigenvalue weighted by Crippen LogP contribution is 2.22. The molecule has 3 nitrogen and oxygen atoms in total. The molecule has 0 heterocycles. The molecular weight excluding hydrogens is 346 g/mol. The van der Waals surface area contributed by atoms with E-state index in [0.717, 1.165) is 22.3 Å². The van der Waals surface area contributed by atoms with Gasteiger partial charge in [-0.1, -0.05) is 91.0 Å². The van der Waals surface area contributed by atoms with Crippen LogP contribution in [0.25, 0.3) is 5.57 Å². The van der Waals surface area contributed by atoms with Crippen LogP contribution in [0.15, 0.2) is 109 Å². The molecule has 0 bridgehead atoms. The van der Waals surface area contributed by atoms with Crippen molar-refractivity contribution in [3.8, 4) is 0 Å². The Labute approximate surface area is 166 Å². The molecule has 0 saturated carbocycles. The highest BCUT2D eigenvalue weighted by Gasteiger charge is 2.05. The Hall–Kier alpha value is -3.59. The Morgan fingerprint density at radius 3 is 1.86 bits per heavy atom. The molecule has 0 radical (unpaired) electrons. The fraction of sp³-hybridized carbons (Fsp3) is 0.0800. The molecule has 0 aliphatic heterocycles. The van der Waals surface area contributed by atoms with Gasteiger partial charge in [0, 0.05) is 6.08 Å².